The number of halogens is 3. The smallest absolute Gasteiger partial charge is 0.163 e. The summed E-state index contributed by atoms with van der Waals surface area (Å²) in [6.45, 7) is 5.24. The highest BCUT2D eigenvalue weighted by Gasteiger charge is 2.26. The Morgan fingerprint density at radius 3 is 2.55 bits per heavy atom. The number of hydrogen-bond donors (Lipinski definition) is 1. The molecule has 1 aliphatic heterocycles. The normalized spacial score (nSPS) is 18.2. The average Bonchev–Trinajstić information content (AvgIpc) is 2.45. The molecular formula is C15H21F3N2. The first kappa shape index (κ1) is 15.3. The minimum atomic E-state index is -1.10. The van der Waals surface area contributed by atoms with E-state index in [-0.39, 0.29) is 11.6 Å². The lowest BCUT2D eigenvalue weighted by molar-refractivity contribution is 0.159. The van der Waals surface area contributed by atoms with Gasteiger partial charge in [0, 0.05) is 43.9 Å². The molecule has 0 spiro atoms. The maximum atomic E-state index is 14.0. The molecule has 0 saturated carbocycles. The molecule has 0 bridgehead atoms. The lowest BCUT2D eigenvalue weighted by Crippen LogP contribution is -2.45. The van der Waals surface area contributed by atoms with E-state index >= 15 is 0 Å². The molecule has 0 amide bonds. The zero-order valence-electron chi connectivity index (χ0n) is 11.8. The first-order valence-electron chi connectivity index (χ1n) is 7.22. The van der Waals surface area contributed by atoms with Crippen molar-refractivity contribution in [1.82, 2.24) is 10.2 Å². The first-order valence-corrected chi connectivity index (χ1v) is 7.22. The molecular weight excluding hydrogens is 265 g/mol. The number of piperazine rings is 1. The molecule has 2 nitrogen and oxygen atoms in total. The highest BCUT2D eigenvalue weighted by Crippen LogP contribution is 2.30. The second kappa shape index (κ2) is 7.09. The van der Waals surface area contributed by atoms with Gasteiger partial charge in [-0.3, -0.25) is 4.90 Å². The second-order valence-electron chi connectivity index (χ2n) is 5.23. The van der Waals surface area contributed by atoms with Gasteiger partial charge in [0.15, 0.2) is 11.6 Å². The molecule has 0 unspecified atom stereocenters. The summed E-state index contributed by atoms with van der Waals surface area (Å²) >= 11 is 0. The summed E-state index contributed by atoms with van der Waals surface area (Å²) in [7, 11) is 0. The molecule has 2 rings (SSSR count). The molecule has 20 heavy (non-hydrogen) atoms. The predicted molar refractivity (Wildman–Crippen MR) is 73.0 cm³/mol. The topological polar surface area (TPSA) is 15.3 Å². The van der Waals surface area contributed by atoms with Gasteiger partial charge in [-0.05, 0) is 12.5 Å². The standard InChI is InChI=1S/C15H21F3N2/c1-2-3-4-14(20-7-5-19-6-8-20)12-9-11(16)10-13(17)15(12)18/h9-10,14,19H,2-8H2,1H3/t14-/m0/s1. The molecule has 112 valence electrons. The third-order valence-corrected chi connectivity index (χ3v) is 3.80. The van der Waals surface area contributed by atoms with Gasteiger partial charge in [-0.15, -0.1) is 0 Å². The molecule has 1 atom stereocenters. The summed E-state index contributed by atoms with van der Waals surface area (Å²) in [5.41, 5.74) is 0.151. The van der Waals surface area contributed by atoms with E-state index in [0.29, 0.717) is 6.07 Å². The van der Waals surface area contributed by atoms with Crippen LogP contribution >= 0.6 is 0 Å². The average molecular weight is 286 g/mol. The molecule has 1 aliphatic rings. The van der Waals surface area contributed by atoms with Crippen LogP contribution in [0.3, 0.4) is 0 Å². The summed E-state index contributed by atoms with van der Waals surface area (Å²) in [4.78, 5) is 2.11. The van der Waals surface area contributed by atoms with Crippen LogP contribution in [0, 0.1) is 17.5 Å². The number of benzene rings is 1. The van der Waals surface area contributed by atoms with E-state index in [1.165, 1.54) is 0 Å². The van der Waals surface area contributed by atoms with Crippen molar-refractivity contribution in [1.29, 1.82) is 0 Å². The van der Waals surface area contributed by atoms with E-state index in [4.69, 9.17) is 0 Å². The Kier molecular flexibility index (Phi) is 5.43. The summed E-state index contributed by atoms with van der Waals surface area (Å²) in [6, 6.07) is 1.50. The zero-order valence-corrected chi connectivity index (χ0v) is 11.8. The van der Waals surface area contributed by atoms with Gasteiger partial charge in [0.25, 0.3) is 0 Å². The second-order valence-corrected chi connectivity index (χ2v) is 5.23. The van der Waals surface area contributed by atoms with Gasteiger partial charge in [-0.1, -0.05) is 19.8 Å². The third kappa shape index (κ3) is 3.52. The lowest BCUT2D eigenvalue weighted by atomic mass is 9.98. The highest BCUT2D eigenvalue weighted by molar-refractivity contribution is 5.24. The number of nitrogens with zero attached hydrogens (tertiary/aromatic N) is 1. The molecule has 1 aromatic carbocycles. The Balaban J connectivity index is 2.29. The zero-order chi connectivity index (χ0) is 14.5. The largest absolute Gasteiger partial charge is 0.314 e. The minimum Gasteiger partial charge on any atom is -0.314 e. The van der Waals surface area contributed by atoms with Crippen LogP contribution in [0.4, 0.5) is 13.2 Å². The summed E-state index contributed by atoms with van der Waals surface area (Å²) in [5, 5.41) is 3.23. The van der Waals surface area contributed by atoms with Crippen molar-refractivity contribution in [2.45, 2.75) is 32.2 Å². The quantitative estimate of drug-likeness (QED) is 0.836. The van der Waals surface area contributed by atoms with Crippen LogP contribution in [0.5, 0.6) is 0 Å². The minimum absolute atomic E-state index is 0.151. The Morgan fingerprint density at radius 2 is 1.90 bits per heavy atom. The Morgan fingerprint density at radius 1 is 1.20 bits per heavy atom. The first-order chi connectivity index (χ1) is 9.63. The summed E-state index contributed by atoms with van der Waals surface area (Å²) < 4.78 is 40.9. The fourth-order valence-corrected chi connectivity index (χ4v) is 2.74. The fourth-order valence-electron chi connectivity index (χ4n) is 2.74. The van der Waals surface area contributed by atoms with E-state index < -0.39 is 17.5 Å². The van der Waals surface area contributed by atoms with E-state index in [1.54, 1.807) is 0 Å². The predicted octanol–water partition coefficient (Wildman–Crippen LogP) is 3.24. The van der Waals surface area contributed by atoms with E-state index in [1.807, 2.05) is 0 Å². The SMILES string of the molecule is CCCC[C@@H](c1cc(F)cc(F)c1F)N1CCNCC1. The van der Waals surface area contributed by atoms with E-state index in [0.717, 1.165) is 51.5 Å². The highest BCUT2D eigenvalue weighted by atomic mass is 19.2. The number of nitrogens with one attached hydrogen (secondary N) is 1. The van der Waals surface area contributed by atoms with Crippen molar-refractivity contribution < 1.29 is 13.2 Å². The molecule has 5 heteroatoms. The third-order valence-electron chi connectivity index (χ3n) is 3.80. The van der Waals surface area contributed by atoms with Crippen LogP contribution in [0.25, 0.3) is 0 Å². The Labute approximate surface area is 118 Å². The molecule has 0 radical (unpaired) electrons. The molecule has 1 aromatic rings. The maximum Gasteiger partial charge on any atom is 0.163 e. The summed E-state index contributed by atoms with van der Waals surface area (Å²) in [6.07, 6.45) is 2.60. The fraction of sp³-hybridized carbons (Fsp3) is 0.600. The molecule has 1 saturated heterocycles. The van der Waals surface area contributed by atoms with Crippen LogP contribution in [-0.4, -0.2) is 31.1 Å². The van der Waals surface area contributed by atoms with E-state index in [2.05, 4.69) is 17.1 Å². The van der Waals surface area contributed by atoms with Crippen LogP contribution < -0.4 is 5.32 Å². The van der Waals surface area contributed by atoms with Crippen LogP contribution in [0.2, 0.25) is 0 Å². The van der Waals surface area contributed by atoms with Crippen LogP contribution in [0.15, 0.2) is 12.1 Å². The van der Waals surface area contributed by atoms with Crippen molar-refractivity contribution in [3.63, 3.8) is 0 Å². The van der Waals surface area contributed by atoms with Gasteiger partial charge in [0.05, 0.1) is 0 Å². The monoisotopic (exact) mass is 286 g/mol. The number of hydrogen-bond acceptors (Lipinski definition) is 2. The van der Waals surface area contributed by atoms with Crippen LogP contribution in [0.1, 0.15) is 37.8 Å². The van der Waals surface area contributed by atoms with Gasteiger partial charge >= 0.3 is 0 Å². The van der Waals surface area contributed by atoms with Gasteiger partial charge in [-0.2, -0.15) is 0 Å². The van der Waals surface area contributed by atoms with Crippen molar-refractivity contribution in [2.24, 2.45) is 0 Å². The summed E-state index contributed by atoms with van der Waals surface area (Å²) in [5.74, 6) is -2.72. The number of unbranched alkanes of at least 4 members (excludes halogenated alkanes) is 1. The van der Waals surface area contributed by atoms with Gasteiger partial charge < -0.3 is 5.32 Å². The van der Waals surface area contributed by atoms with Crippen molar-refractivity contribution in [3.05, 3.63) is 35.1 Å². The lowest BCUT2D eigenvalue weighted by Gasteiger charge is -2.35. The molecule has 1 N–H and O–H groups in total. The van der Waals surface area contributed by atoms with Crippen molar-refractivity contribution in [3.8, 4) is 0 Å². The Bertz CT molecular complexity index is 445. The van der Waals surface area contributed by atoms with E-state index in [9.17, 15) is 13.2 Å². The number of rotatable bonds is 5. The maximum absolute atomic E-state index is 14.0. The molecule has 0 aliphatic carbocycles. The van der Waals surface area contributed by atoms with Gasteiger partial charge in [0.2, 0.25) is 0 Å². The Hall–Kier alpha value is -1.07. The van der Waals surface area contributed by atoms with Crippen molar-refractivity contribution in [2.75, 3.05) is 26.2 Å². The van der Waals surface area contributed by atoms with Gasteiger partial charge in [0.1, 0.15) is 5.82 Å². The van der Waals surface area contributed by atoms with Crippen molar-refractivity contribution >= 4 is 0 Å². The molecule has 1 heterocycles. The van der Waals surface area contributed by atoms with Gasteiger partial charge in [-0.25, -0.2) is 13.2 Å². The molecule has 1 fully saturated rings. The molecule has 0 aromatic heterocycles. The van der Waals surface area contributed by atoms with Crippen LogP contribution in [-0.2, 0) is 0 Å².